The van der Waals surface area contributed by atoms with Crippen molar-refractivity contribution >= 4 is 11.8 Å². The number of likely N-dealkylation sites (N-methyl/N-ethyl adjacent to an activating group) is 1. The Kier molecular flexibility index (Phi) is 8.82. The minimum Gasteiger partial charge on any atom is -0.497 e. The standard InChI is InChI=1S/C30H41N3O5/c1-19-14-20(2)18-33(17-19)13-7-12-31-29(34)27-23-15-25(37-5)26(38-6)16-24(23)30(35)32(3)28(27)21-8-10-22(36-4)11-9-21/h8-11,15-16,19-20,27-28H,7,12-14,17-18H2,1-6H3,(H,31,34)/t19-,20-,27+,28+/m0/s1. The number of amides is 2. The summed E-state index contributed by atoms with van der Waals surface area (Å²) in [5, 5.41) is 3.18. The number of hydrogen-bond acceptors (Lipinski definition) is 6. The second-order valence-corrected chi connectivity index (χ2v) is 10.8. The molecule has 2 amide bonds. The molecule has 0 unspecified atom stereocenters. The van der Waals surface area contributed by atoms with E-state index in [0.29, 0.717) is 46.8 Å². The van der Waals surface area contributed by atoms with Gasteiger partial charge in [0, 0.05) is 32.2 Å². The summed E-state index contributed by atoms with van der Waals surface area (Å²) < 4.78 is 16.3. The van der Waals surface area contributed by atoms with Gasteiger partial charge in [-0.15, -0.1) is 0 Å². The molecule has 0 saturated carbocycles. The molecule has 8 heteroatoms. The number of ether oxygens (including phenoxy) is 3. The number of nitrogens with zero attached hydrogens (tertiary/aromatic N) is 2. The topological polar surface area (TPSA) is 80.3 Å². The average Bonchev–Trinajstić information content (AvgIpc) is 2.91. The van der Waals surface area contributed by atoms with Gasteiger partial charge < -0.3 is 29.3 Å². The van der Waals surface area contributed by atoms with Gasteiger partial charge in [-0.2, -0.15) is 0 Å². The summed E-state index contributed by atoms with van der Waals surface area (Å²) in [5.41, 5.74) is 1.95. The smallest absolute Gasteiger partial charge is 0.254 e. The molecule has 206 valence electrons. The molecule has 4 atom stereocenters. The first-order valence-corrected chi connectivity index (χ1v) is 13.4. The lowest BCUT2D eigenvalue weighted by atomic mass is 9.79. The lowest BCUT2D eigenvalue weighted by molar-refractivity contribution is -0.124. The van der Waals surface area contributed by atoms with Gasteiger partial charge >= 0.3 is 0 Å². The Morgan fingerprint density at radius 1 is 0.974 bits per heavy atom. The van der Waals surface area contributed by atoms with Crippen molar-refractivity contribution in [3.8, 4) is 17.2 Å². The summed E-state index contributed by atoms with van der Waals surface area (Å²) >= 11 is 0. The van der Waals surface area contributed by atoms with Crippen LogP contribution in [0.5, 0.6) is 17.2 Å². The van der Waals surface area contributed by atoms with E-state index in [4.69, 9.17) is 14.2 Å². The van der Waals surface area contributed by atoms with Crippen LogP contribution in [0, 0.1) is 11.8 Å². The van der Waals surface area contributed by atoms with Crippen molar-refractivity contribution in [3.63, 3.8) is 0 Å². The number of hydrogen-bond donors (Lipinski definition) is 1. The molecule has 1 saturated heterocycles. The zero-order valence-corrected chi connectivity index (χ0v) is 23.5. The number of rotatable bonds is 9. The van der Waals surface area contributed by atoms with Crippen molar-refractivity contribution < 1.29 is 23.8 Å². The fraction of sp³-hybridized carbons (Fsp3) is 0.533. The van der Waals surface area contributed by atoms with E-state index in [-0.39, 0.29) is 11.8 Å². The van der Waals surface area contributed by atoms with Crippen molar-refractivity contribution in [2.75, 3.05) is 54.6 Å². The molecular formula is C30H41N3O5. The summed E-state index contributed by atoms with van der Waals surface area (Å²) in [5.74, 6) is 2.18. The quantitative estimate of drug-likeness (QED) is 0.499. The predicted molar refractivity (Wildman–Crippen MR) is 147 cm³/mol. The third-order valence-electron chi connectivity index (χ3n) is 7.81. The minimum atomic E-state index is -0.615. The summed E-state index contributed by atoms with van der Waals surface area (Å²) in [6, 6.07) is 10.5. The highest BCUT2D eigenvalue weighted by molar-refractivity contribution is 6.02. The van der Waals surface area contributed by atoms with Gasteiger partial charge in [0.05, 0.1) is 33.3 Å². The Morgan fingerprint density at radius 3 is 2.21 bits per heavy atom. The van der Waals surface area contributed by atoms with E-state index < -0.39 is 12.0 Å². The Balaban J connectivity index is 1.60. The molecule has 1 fully saturated rings. The lowest BCUT2D eigenvalue weighted by Gasteiger charge is -2.40. The van der Waals surface area contributed by atoms with Crippen molar-refractivity contribution in [1.29, 1.82) is 0 Å². The number of methoxy groups -OCH3 is 3. The lowest BCUT2D eigenvalue weighted by Crippen LogP contribution is -2.46. The predicted octanol–water partition coefficient (Wildman–Crippen LogP) is 4.11. The maximum atomic E-state index is 13.9. The first kappa shape index (κ1) is 27.8. The molecule has 0 bridgehead atoms. The van der Waals surface area contributed by atoms with E-state index in [9.17, 15) is 9.59 Å². The zero-order chi connectivity index (χ0) is 27.4. The average molecular weight is 524 g/mol. The van der Waals surface area contributed by atoms with Gasteiger partial charge in [0.15, 0.2) is 11.5 Å². The minimum absolute atomic E-state index is 0.112. The molecule has 2 aliphatic heterocycles. The van der Waals surface area contributed by atoms with Crippen molar-refractivity contribution in [2.24, 2.45) is 11.8 Å². The molecule has 0 spiro atoms. The second kappa shape index (κ2) is 12.1. The number of likely N-dealkylation sites (tertiary alicyclic amines) is 1. The number of nitrogens with one attached hydrogen (secondary N) is 1. The third-order valence-corrected chi connectivity index (χ3v) is 7.81. The monoisotopic (exact) mass is 523 g/mol. The first-order chi connectivity index (χ1) is 18.3. The van der Waals surface area contributed by atoms with Crippen LogP contribution in [0.15, 0.2) is 36.4 Å². The number of fused-ring (bicyclic) bond motifs is 1. The van der Waals surface area contributed by atoms with Crippen molar-refractivity contribution in [3.05, 3.63) is 53.1 Å². The van der Waals surface area contributed by atoms with Gasteiger partial charge in [-0.1, -0.05) is 26.0 Å². The van der Waals surface area contributed by atoms with Crippen LogP contribution in [0.3, 0.4) is 0 Å². The largest absolute Gasteiger partial charge is 0.497 e. The van der Waals surface area contributed by atoms with Crippen LogP contribution in [0.2, 0.25) is 0 Å². The fourth-order valence-corrected chi connectivity index (χ4v) is 6.15. The van der Waals surface area contributed by atoms with E-state index in [2.05, 4.69) is 24.1 Å². The summed E-state index contributed by atoms with van der Waals surface area (Å²) in [4.78, 5) is 31.5. The number of piperidine rings is 1. The molecule has 0 aromatic heterocycles. The number of benzene rings is 2. The van der Waals surface area contributed by atoms with Crippen LogP contribution in [0.1, 0.15) is 60.1 Å². The highest BCUT2D eigenvalue weighted by atomic mass is 16.5. The summed E-state index contributed by atoms with van der Waals surface area (Å²) in [7, 11) is 6.45. The molecule has 2 aliphatic rings. The molecule has 2 heterocycles. The Hall–Kier alpha value is -3.26. The Labute approximate surface area is 226 Å². The summed E-state index contributed by atoms with van der Waals surface area (Å²) in [6.07, 6.45) is 2.15. The fourth-order valence-electron chi connectivity index (χ4n) is 6.15. The zero-order valence-electron chi connectivity index (χ0n) is 23.5. The van der Waals surface area contributed by atoms with Gasteiger partial charge in [0.25, 0.3) is 5.91 Å². The highest BCUT2D eigenvalue weighted by Gasteiger charge is 2.43. The SMILES string of the molecule is COc1ccc([C@@H]2[C@H](C(=O)NCCCN3C[C@@H](C)C[C@H](C)C3)c3cc(OC)c(OC)cc3C(=O)N2C)cc1. The maximum Gasteiger partial charge on any atom is 0.254 e. The molecule has 4 rings (SSSR count). The van der Waals surface area contributed by atoms with Gasteiger partial charge in [-0.05, 0) is 66.6 Å². The van der Waals surface area contributed by atoms with Crippen molar-refractivity contribution in [1.82, 2.24) is 15.1 Å². The number of carbonyl (C=O) groups is 2. The van der Waals surface area contributed by atoms with Gasteiger partial charge in [0.2, 0.25) is 5.91 Å². The van der Waals surface area contributed by atoms with Crippen molar-refractivity contribution in [2.45, 2.75) is 38.6 Å². The van der Waals surface area contributed by atoms with Crippen LogP contribution in [-0.4, -0.2) is 76.2 Å². The van der Waals surface area contributed by atoms with E-state index in [1.165, 1.54) is 13.5 Å². The highest BCUT2D eigenvalue weighted by Crippen LogP contribution is 2.45. The summed E-state index contributed by atoms with van der Waals surface area (Å²) in [6.45, 7) is 8.38. The van der Waals surface area contributed by atoms with Gasteiger partial charge in [-0.3, -0.25) is 9.59 Å². The van der Waals surface area contributed by atoms with Crippen LogP contribution in [-0.2, 0) is 4.79 Å². The van der Waals surface area contributed by atoms with Gasteiger partial charge in [0.1, 0.15) is 5.75 Å². The van der Waals surface area contributed by atoms with Crippen LogP contribution < -0.4 is 19.5 Å². The second-order valence-electron chi connectivity index (χ2n) is 10.8. The van der Waals surface area contributed by atoms with E-state index in [1.54, 1.807) is 38.3 Å². The third kappa shape index (κ3) is 5.75. The molecule has 2 aromatic carbocycles. The molecule has 0 aliphatic carbocycles. The van der Waals surface area contributed by atoms with E-state index in [1.807, 2.05) is 24.3 Å². The Morgan fingerprint density at radius 2 is 1.61 bits per heavy atom. The normalized spacial score (nSPS) is 23.5. The molecule has 2 aromatic rings. The molecule has 38 heavy (non-hydrogen) atoms. The number of carbonyl (C=O) groups excluding carboxylic acids is 2. The van der Waals surface area contributed by atoms with E-state index >= 15 is 0 Å². The molecular weight excluding hydrogens is 482 g/mol. The van der Waals surface area contributed by atoms with E-state index in [0.717, 1.165) is 31.6 Å². The molecule has 8 nitrogen and oxygen atoms in total. The van der Waals surface area contributed by atoms with Crippen LogP contribution >= 0.6 is 0 Å². The van der Waals surface area contributed by atoms with Gasteiger partial charge in [-0.25, -0.2) is 0 Å². The molecule has 0 radical (unpaired) electrons. The van der Waals surface area contributed by atoms with Crippen LogP contribution in [0.4, 0.5) is 0 Å². The molecule has 1 N–H and O–H groups in total. The Bertz CT molecular complexity index is 1130. The van der Waals surface area contributed by atoms with Crippen LogP contribution in [0.25, 0.3) is 0 Å². The maximum absolute atomic E-state index is 13.9. The first-order valence-electron chi connectivity index (χ1n) is 13.4.